The predicted molar refractivity (Wildman–Crippen MR) is 159 cm³/mol. The molecule has 0 unspecified atom stereocenters. The summed E-state index contributed by atoms with van der Waals surface area (Å²) in [5.74, 6) is 0.973. The largest absolute Gasteiger partial charge is 0.496 e. The quantitative estimate of drug-likeness (QED) is 0.386. The van der Waals surface area contributed by atoms with E-state index in [9.17, 15) is 18.0 Å². The fourth-order valence-corrected chi connectivity index (χ4v) is 6.09. The number of hydrogen-bond acceptors (Lipinski definition) is 5. The maximum absolute atomic E-state index is 13.9. The van der Waals surface area contributed by atoms with Crippen molar-refractivity contribution in [3.05, 3.63) is 94.5 Å². The molecule has 0 aromatic heterocycles. The molecule has 3 aromatic carbocycles. The zero-order chi connectivity index (χ0) is 29.9. The molecule has 0 saturated carbocycles. The Hall–Kier alpha value is -3.56. The van der Waals surface area contributed by atoms with E-state index in [1.807, 2.05) is 34.1 Å². The second kappa shape index (κ2) is 12.8. The van der Waals surface area contributed by atoms with E-state index in [-0.39, 0.29) is 18.0 Å². The number of nitrogens with one attached hydrogen (secondary N) is 1. The van der Waals surface area contributed by atoms with Gasteiger partial charge in [0.1, 0.15) is 5.75 Å². The number of benzene rings is 3. The Kier molecular flexibility index (Phi) is 9.08. The number of carbonyl (C=O) groups excluding carboxylic acids is 1. The number of halogens is 3. The molecule has 2 aliphatic heterocycles. The number of likely N-dealkylation sites (tertiary alicyclic amines) is 1. The number of methoxy groups -OCH3 is 1. The molecule has 1 amide bonds. The SMILES string of the molecule is COc1ccc(CN[C@@H]2C[C@@H](C(=O)N3CCN(c4cccc(C(F)(F)F)c4)CC3)N(Cc3ccccc3)C2)c(C)c1C. The van der Waals surface area contributed by atoms with E-state index >= 15 is 0 Å². The maximum atomic E-state index is 13.9. The molecule has 2 aliphatic rings. The predicted octanol–water partition coefficient (Wildman–Crippen LogP) is 5.41. The minimum absolute atomic E-state index is 0.0930. The lowest BCUT2D eigenvalue weighted by atomic mass is 10.0. The van der Waals surface area contributed by atoms with Crippen molar-refractivity contribution in [3.63, 3.8) is 0 Å². The third-order valence-corrected chi connectivity index (χ3v) is 8.70. The summed E-state index contributed by atoms with van der Waals surface area (Å²) < 4.78 is 45.2. The number of amides is 1. The Morgan fingerprint density at radius 1 is 0.952 bits per heavy atom. The summed E-state index contributed by atoms with van der Waals surface area (Å²) in [6, 6.07) is 19.6. The molecular weight excluding hydrogens is 541 g/mol. The third-order valence-electron chi connectivity index (χ3n) is 8.70. The number of hydrogen-bond donors (Lipinski definition) is 1. The second-order valence-corrected chi connectivity index (χ2v) is 11.3. The van der Waals surface area contributed by atoms with Crippen molar-refractivity contribution in [2.75, 3.05) is 44.7 Å². The molecule has 6 nitrogen and oxygen atoms in total. The van der Waals surface area contributed by atoms with E-state index in [1.54, 1.807) is 13.2 Å². The first kappa shape index (κ1) is 29.9. The van der Waals surface area contributed by atoms with Crippen molar-refractivity contribution < 1.29 is 22.7 Å². The van der Waals surface area contributed by atoms with E-state index < -0.39 is 11.7 Å². The standard InChI is InChI=1S/C33H39F3N4O2/c1-23-24(2)31(42-3)13-12-26(23)20-37-28-19-30(40(22-28)21-25-8-5-4-6-9-25)32(41)39-16-14-38(15-17-39)29-11-7-10-27(18-29)33(34,35)36/h4-13,18,28,30,37H,14-17,19-22H2,1-3H3/t28-,30+/m1/s1. The van der Waals surface area contributed by atoms with Gasteiger partial charge in [0.05, 0.1) is 18.7 Å². The van der Waals surface area contributed by atoms with Crippen molar-refractivity contribution in [2.45, 2.75) is 51.6 Å². The van der Waals surface area contributed by atoms with Crippen LogP contribution in [-0.4, -0.2) is 67.6 Å². The Morgan fingerprint density at radius 2 is 1.69 bits per heavy atom. The summed E-state index contributed by atoms with van der Waals surface area (Å²) in [6.45, 7) is 8.26. The zero-order valence-corrected chi connectivity index (χ0v) is 24.5. The smallest absolute Gasteiger partial charge is 0.416 e. The van der Waals surface area contributed by atoms with Gasteiger partial charge in [-0.1, -0.05) is 42.5 Å². The van der Waals surface area contributed by atoms with Gasteiger partial charge in [0.15, 0.2) is 0 Å². The fourth-order valence-electron chi connectivity index (χ4n) is 6.09. The lowest BCUT2D eigenvalue weighted by Crippen LogP contribution is -2.53. The van der Waals surface area contributed by atoms with Gasteiger partial charge >= 0.3 is 6.18 Å². The van der Waals surface area contributed by atoms with Gasteiger partial charge in [-0.2, -0.15) is 13.2 Å². The highest BCUT2D eigenvalue weighted by atomic mass is 19.4. The molecule has 9 heteroatoms. The van der Waals surface area contributed by atoms with E-state index in [1.165, 1.54) is 23.3 Å². The van der Waals surface area contributed by atoms with Crippen LogP contribution >= 0.6 is 0 Å². The molecule has 2 fully saturated rings. The monoisotopic (exact) mass is 580 g/mol. The first-order valence-electron chi connectivity index (χ1n) is 14.5. The molecule has 42 heavy (non-hydrogen) atoms. The van der Waals surface area contributed by atoms with Crippen molar-refractivity contribution in [2.24, 2.45) is 0 Å². The second-order valence-electron chi connectivity index (χ2n) is 11.3. The van der Waals surface area contributed by atoms with Crippen LogP contribution in [0.2, 0.25) is 0 Å². The van der Waals surface area contributed by atoms with Crippen LogP contribution in [-0.2, 0) is 24.1 Å². The number of rotatable bonds is 8. The highest BCUT2D eigenvalue weighted by Gasteiger charge is 2.39. The van der Waals surface area contributed by atoms with Crippen molar-refractivity contribution in [3.8, 4) is 5.75 Å². The molecule has 1 N–H and O–H groups in total. The van der Waals surface area contributed by atoms with E-state index in [0.717, 1.165) is 29.5 Å². The van der Waals surface area contributed by atoms with Crippen LogP contribution in [0.4, 0.5) is 18.9 Å². The molecule has 0 spiro atoms. The molecule has 2 heterocycles. The summed E-state index contributed by atoms with van der Waals surface area (Å²) in [4.78, 5) is 20.0. The van der Waals surface area contributed by atoms with Crippen LogP contribution in [0.15, 0.2) is 66.7 Å². The Bertz CT molecular complexity index is 1370. The van der Waals surface area contributed by atoms with Gasteiger partial charge in [-0.05, 0) is 66.8 Å². The van der Waals surface area contributed by atoms with Crippen LogP contribution in [0.3, 0.4) is 0 Å². The van der Waals surface area contributed by atoms with Crippen LogP contribution in [0.25, 0.3) is 0 Å². The van der Waals surface area contributed by atoms with Gasteiger partial charge in [0, 0.05) is 57.5 Å². The Balaban J connectivity index is 1.25. The average molecular weight is 581 g/mol. The summed E-state index contributed by atoms with van der Waals surface area (Å²) in [5.41, 5.74) is 4.59. The van der Waals surface area contributed by atoms with Gasteiger partial charge in [0.25, 0.3) is 0 Å². The molecular formula is C33H39F3N4O2. The summed E-state index contributed by atoms with van der Waals surface area (Å²) >= 11 is 0. The molecule has 0 bridgehead atoms. The minimum atomic E-state index is -4.38. The van der Waals surface area contributed by atoms with Gasteiger partial charge in [-0.15, -0.1) is 0 Å². The third kappa shape index (κ3) is 6.73. The van der Waals surface area contributed by atoms with Crippen LogP contribution in [0.5, 0.6) is 5.75 Å². The summed E-state index contributed by atoms with van der Waals surface area (Å²) in [7, 11) is 1.68. The minimum Gasteiger partial charge on any atom is -0.496 e. The Morgan fingerprint density at radius 3 is 2.38 bits per heavy atom. The molecule has 5 rings (SSSR count). The van der Waals surface area contributed by atoms with Crippen LogP contribution < -0.4 is 15.0 Å². The first-order valence-corrected chi connectivity index (χ1v) is 14.5. The van der Waals surface area contributed by atoms with E-state index in [4.69, 9.17) is 4.74 Å². The number of carbonyl (C=O) groups is 1. The maximum Gasteiger partial charge on any atom is 0.416 e. The van der Waals surface area contributed by atoms with Crippen molar-refractivity contribution in [1.29, 1.82) is 0 Å². The average Bonchev–Trinajstić information content (AvgIpc) is 3.40. The van der Waals surface area contributed by atoms with Gasteiger partial charge in [-0.25, -0.2) is 0 Å². The van der Waals surface area contributed by atoms with E-state index in [0.29, 0.717) is 51.4 Å². The molecule has 224 valence electrons. The highest BCUT2D eigenvalue weighted by molar-refractivity contribution is 5.82. The zero-order valence-electron chi connectivity index (χ0n) is 24.5. The molecule has 0 radical (unpaired) electrons. The van der Waals surface area contributed by atoms with Crippen LogP contribution in [0.1, 0.15) is 34.2 Å². The molecule has 2 atom stereocenters. The topological polar surface area (TPSA) is 48.1 Å². The molecule has 0 aliphatic carbocycles. The first-order chi connectivity index (χ1) is 20.1. The van der Waals surface area contributed by atoms with Crippen LogP contribution in [0, 0.1) is 13.8 Å². The molecule has 3 aromatic rings. The van der Waals surface area contributed by atoms with Crippen molar-refractivity contribution >= 4 is 11.6 Å². The van der Waals surface area contributed by atoms with Crippen molar-refractivity contribution in [1.82, 2.24) is 15.1 Å². The highest BCUT2D eigenvalue weighted by Crippen LogP contribution is 2.32. The number of nitrogens with zero attached hydrogens (tertiary/aromatic N) is 3. The number of piperazine rings is 1. The number of alkyl halides is 3. The van der Waals surface area contributed by atoms with Gasteiger partial charge in [0.2, 0.25) is 5.91 Å². The fraction of sp³-hybridized carbons (Fsp3) is 0.424. The number of ether oxygens (including phenoxy) is 1. The normalized spacial score (nSPS) is 19.8. The van der Waals surface area contributed by atoms with E-state index in [2.05, 4.69) is 42.3 Å². The van der Waals surface area contributed by atoms with Gasteiger partial charge in [-0.3, -0.25) is 9.69 Å². The summed E-state index contributed by atoms with van der Waals surface area (Å²) in [5, 5.41) is 3.70. The molecule has 2 saturated heterocycles. The lowest BCUT2D eigenvalue weighted by Gasteiger charge is -2.38. The number of anilines is 1. The Labute approximate surface area is 246 Å². The lowest BCUT2D eigenvalue weighted by molar-refractivity contribution is -0.137. The van der Waals surface area contributed by atoms with Gasteiger partial charge < -0.3 is 19.9 Å². The summed E-state index contributed by atoms with van der Waals surface area (Å²) in [6.07, 6.45) is -3.68.